The molecule has 2 aromatic rings. The van der Waals surface area contributed by atoms with Crippen LogP contribution in [0.15, 0.2) is 10.6 Å². The van der Waals surface area contributed by atoms with E-state index in [1.54, 1.807) is 11.3 Å². The summed E-state index contributed by atoms with van der Waals surface area (Å²) in [6.07, 6.45) is 0. The lowest BCUT2D eigenvalue weighted by atomic mass is 10.4. The molecule has 0 fully saturated rings. The first-order valence-electron chi connectivity index (χ1n) is 2.88. The van der Waals surface area contributed by atoms with Gasteiger partial charge in [-0.15, -0.1) is 11.3 Å². The van der Waals surface area contributed by atoms with Crippen LogP contribution in [-0.2, 0) is 0 Å². The van der Waals surface area contributed by atoms with Gasteiger partial charge >= 0.3 is 0 Å². The number of hydrogen-bond acceptors (Lipinski definition) is 4. The zero-order valence-corrected chi connectivity index (χ0v) is 6.23. The molecular weight excluding hydrogens is 148 g/mol. The quantitative estimate of drug-likeness (QED) is 0.629. The summed E-state index contributed by atoms with van der Waals surface area (Å²) in [6.45, 7) is 2.01. The molecule has 2 rings (SSSR count). The van der Waals surface area contributed by atoms with Crippen molar-refractivity contribution in [3.63, 3.8) is 0 Å². The lowest BCUT2D eigenvalue weighted by Crippen LogP contribution is -1.80. The average molecular weight is 154 g/mol. The van der Waals surface area contributed by atoms with Gasteiger partial charge in [-0.3, -0.25) is 0 Å². The molecule has 0 aliphatic carbocycles. The normalized spacial score (nSPS) is 10.9. The molecule has 0 aromatic carbocycles. The van der Waals surface area contributed by atoms with Crippen molar-refractivity contribution in [2.75, 3.05) is 5.73 Å². The van der Waals surface area contributed by atoms with Crippen molar-refractivity contribution in [2.45, 2.75) is 6.92 Å². The van der Waals surface area contributed by atoms with Gasteiger partial charge in [0.1, 0.15) is 4.70 Å². The fourth-order valence-electron chi connectivity index (χ4n) is 0.877. The van der Waals surface area contributed by atoms with Gasteiger partial charge in [-0.1, -0.05) is 5.16 Å². The van der Waals surface area contributed by atoms with Gasteiger partial charge in [-0.25, -0.2) is 0 Å². The van der Waals surface area contributed by atoms with E-state index in [1.165, 1.54) is 4.88 Å². The summed E-state index contributed by atoms with van der Waals surface area (Å²) in [6, 6.07) is 1.93. The zero-order chi connectivity index (χ0) is 7.14. The second-order valence-corrected chi connectivity index (χ2v) is 3.37. The first-order chi connectivity index (χ1) is 4.77. The summed E-state index contributed by atoms with van der Waals surface area (Å²) in [4.78, 5) is 1.20. The molecule has 0 atom stereocenters. The van der Waals surface area contributed by atoms with Gasteiger partial charge in [0.05, 0.1) is 0 Å². The molecule has 4 heteroatoms. The van der Waals surface area contributed by atoms with E-state index in [9.17, 15) is 0 Å². The number of rotatable bonds is 0. The van der Waals surface area contributed by atoms with E-state index in [0.717, 1.165) is 10.3 Å². The van der Waals surface area contributed by atoms with Crippen molar-refractivity contribution in [3.05, 3.63) is 10.9 Å². The Morgan fingerprint density at radius 2 is 2.50 bits per heavy atom. The number of nitrogens with zero attached hydrogens (tertiary/aromatic N) is 1. The van der Waals surface area contributed by atoms with Gasteiger partial charge in [-0.05, 0) is 13.0 Å². The van der Waals surface area contributed by atoms with Crippen LogP contribution in [0.25, 0.3) is 10.3 Å². The predicted octanol–water partition coefficient (Wildman–Crippen LogP) is 1.78. The molecule has 52 valence electrons. The molecule has 0 amide bonds. The fraction of sp³-hybridized carbons (Fsp3) is 0.167. The van der Waals surface area contributed by atoms with E-state index in [0.29, 0.717) is 5.82 Å². The maximum Gasteiger partial charge on any atom is 0.184 e. The van der Waals surface area contributed by atoms with Crippen LogP contribution in [0.3, 0.4) is 0 Å². The third-order valence-electron chi connectivity index (χ3n) is 1.30. The van der Waals surface area contributed by atoms with Gasteiger partial charge in [0.15, 0.2) is 11.4 Å². The monoisotopic (exact) mass is 154 g/mol. The first kappa shape index (κ1) is 5.73. The Morgan fingerprint density at radius 3 is 3.20 bits per heavy atom. The van der Waals surface area contributed by atoms with Crippen molar-refractivity contribution in [1.29, 1.82) is 0 Å². The molecule has 0 aliphatic heterocycles. The number of aryl methyl sites for hydroxylation is 1. The summed E-state index contributed by atoms with van der Waals surface area (Å²) in [5, 5.41) is 3.61. The van der Waals surface area contributed by atoms with Crippen molar-refractivity contribution in [2.24, 2.45) is 0 Å². The lowest BCUT2D eigenvalue weighted by molar-refractivity contribution is 0.460. The third-order valence-corrected chi connectivity index (χ3v) is 2.35. The van der Waals surface area contributed by atoms with E-state index in [2.05, 4.69) is 5.16 Å². The third kappa shape index (κ3) is 0.623. The van der Waals surface area contributed by atoms with Crippen LogP contribution < -0.4 is 5.73 Å². The minimum absolute atomic E-state index is 0.494. The summed E-state index contributed by atoms with van der Waals surface area (Å²) >= 11 is 1.60. The van der Waals surface area contributed by atoms with E-state index in [4.69, 9.17) is 10.3 Å². The maximum atomic E-state index is 5.50. The second-order valence-electron chi connectivity index (χ2n) is 2.12. The highest BCUT2D eigenvalue weighted by molar-refractivity contribution is 7.19. The Balaban J connectivity index is 2.90. The number of nitrogens with two attached hydrogens (primary N) is 1. The number of nitrogen functional groups attached to an aromatic ring is 1. The van der Waals surface area contributed by atoms with Crippen LogP contribution in [0.4, 0.5) is 5.82 Å². The van der Waals surface area contributed by atoms with Gasteiger partial charge in [-0.2, -0.15) is 0 Å². The minimum atomic E-state index is 0.494. The van der Waals surface area contributed by atoms with Crippen LogP contribution in [0.1, 0.15) is 4.88 Å². The van der Waals surface area contributed by atoms with Crippen LogP contribution in [0.2, 0.25) is 0 Å². The molecule has 2 aromatic heterocycles. The average Bonchev–Trinajstić information content (AvgIpc) is 2.35. The molecule has 0 unspecified atom stereocenters. The van der Waals surface area contributed by atoms with Crippen LogP contribution in [0, 0.1) is 6.92 Å². The molecule has 10 heavy (non-hydrogen) atoms. The van der Waals surface area contributed by atoms with Gasteiger partial charge in [0.2, 0.25) is 0 Å². The van der Waals surface area contributed by atoms with E-state index >= 15 is 0 Å². The smallest absolute Gasteiger partial charge is 0.184 e. The first-order valence-corrected chi connectivity index (χ1v) is 3.70. The number of hydrogen-bond donors (Lipinski definition) is 1. The molecule has 2 heterocycles. The van der Waals surface area contributed by atoms with Crippen molar-refractivity contribution in [3.8, 4) is 0 Å². The Bertz CT molecular complexity index is 363. The molecular formula is C6H6N2OS. The van der Waals surface area contributed by atoms with E-state index < -0.39 is 0 Å². The Morgan fingerprint density at radius 1 is 1.70 bits per heavy atom. The molecule has 0 aliphatic rings. The molecule has 0 saturated carbocycles. The van der Waals surface area contributed by atoms with Gasteiger partial charge in [0, 0.05) is 4.88 Å². The molecule has 0 saturated heterocycles. The van der Waals surface area contributed by atoms with Crippen molar-refractivity contribution in [1.82, 2.24) is 5.16 Å². The SMILES string of the molecule is Cc1cc2onc(N)c2s1. The van der Waals surface area contributed by atoms with E-state index in [-0.39, 0.29) is 0 Å². The maximum absolute atomic E-state index is 5.50. The molecule has 0 spiro atoms. The molecule has 3 nitrogen and oxygen atoms in total. The Hall–Kier alpha value is -1.03. The van der Waals surface area contributed by atoms with Crippen LogP contribution in [-0.4, -0.2) is 5.16 Å². The second kappa shape index (κ2) is 1.73. The van der Waals surface area contributed by atoms with E-state index in [1.807, 2.05) is 13.0 Å². The molecule has 2 N–H and O–H groups in total. The zero-order valence-electron chi connectivity index (χ0n) is 5.42. The van der Waals surface area contributed by atoms with Crippen molar-refractivity contribution < 1.29 is 4.52 Å². The Labute approximate surface area is 61.4 Å². The molecule has 0 radical (unpaired) electrons. The summed E-state index contributed by atoms with van der Waals surface area (Å²) < 4.78 is 5.86. The van der Waals surface area contributed by atoms with Crippen molar-refractivity contribution >= 4 is 27.4 Å². The van der Waals surface area contributed by atoms with Crippen LogP contribution in [0.5, 0.6) is 0 Å². The Kier molecular flexibility index (Phi) is 0.990. The van der Waals surface area contributed by atoms with Gasteiger partial charge < -0.3 is 10.3 Å². The van der Waals surface area contributed by atoms with Crippen LogP contribution >= 0.6 is 11.3 Å². The molecule has 0 bridgehead atoms. The summed E-state index contributed by atoms with van der Waals surface area (Å²) in [7, 11) is 0. The number of aromatic nitrogens is 1. The highest BCUT2D eigenvalue weighted by Crippen LogP contribution is 2.28. The highest BCUT2D eigenvalue weighted by atomic mass is 32.1. The number of thiophene rings is 1. The highest BCUT2D eigenvalue weighted by Gasteiger charge is 2.06. The van der Waals surface area contributed by atoms with Gasteiger partial charge in [0.25, 0.3) is 0 Å². The predicted molar refractivity (Wildman–Crippen MR) is 41.0 cm³/mol. The number of anilines is 1. The summed E-state index contributed by atoms with van der Waals surface area (Å²) in [5.74, 6) is 0.494. The minimum Gasteiger partial charge on any atom is -0.380 e. The number of fused-ring (bicyclic) bond motifs is 1. The largest absolute Gasteiger partial charge is 0.380 e. The fourth-order valence-corrected chi connectivity index (χ4v) is 1.70. The lowest BCUT2D eigenvalue weighted by Gasteiger charge is -1.75. The topological polar surface area (TPSA) is 52.0 Å². The summed E-state index contributed by atoms with van der Waals surface area (Å²) in [5.41, 5.74) is 6.29. The standard InChI is InChI=1S/C6H6N2OS/c1-3-2-4-5(10-3)6(7)8-9-4/h2H,1H3,(H2,7,8).